The molecular formula is C43H52F2N8O6Si. The fourth-order valence-electron chi connectivity index (χ4n) is 8.49. The number of nitrogens with zero attached hydrogens (tertiary/aromatic N) is 4. The molecule has 2 aliphatic rings. The Hall–Kier alpha value is -5.68. The molecule has 0 radical (unpaired) electrons. The number of halogens is 2. The van der Waals surface area contributed by atoms with E-state index in [2.05, 4.69) is 55.5 Å². The van der Waals surface area contributed by atoms with Crippen molar-refractivity contribution in [1.82, 2.24) is 40.4 Å². The number of H-pyrrole nitrogens is 2. The number of aliphatic hydroxyl groups is 1. The molecular weight excluding hydrogens is 791 g/mol. The second-order valence-corrected chi connectivity index (χ2v) is 22.5. The van der Waals surface area contributed by atoms with Crippen LogP contribution in [-0.4, -0.2) is 111 Å². The van der Waals surface area contributed by atoms with Gasteiger partial charge in [0.25, 0.3) is 5.92 Å². The van der Waals surface area contributed by atoms with Crippen molar-refractivity contribution in [3.63, 3.8) is 0 Å². The summed E-state index contributed by atoms with van der Waals surface area (Å²) in [6, 6.07) is 15.7. The van der Waals surface area contributed by atoms with Crippen LogP contribution in [0, 0.1) is 11.8 Å². The predicted octanol–water partition coefficient (Wildman–Crippen LogP) is 6.33. The summed E-state index contributed by atoms with van der Waals surface area (Å²) in [6.07, 6.45) is 0.773. The maximum absolute atomic E-state index is 14.8. The van der Waals surface area contributed by atoms with E-state index in [-0.39, 0.29) is 29.6 Å². The predicted molar refractivity (Wildman–Crippen MR) is 225 cm³/mol. The summed E-state index contributed by atoms with van der Waals surface area (Å²) in [5.74, 6) is -4.14. The number of ether oxygens (including phenoxy) is 1. The van der Waals surface area contributed by atoms with Crippen molar-refractivity contribution in [1.29, 1.82) is 0 Å². The minimum atomic E-state index is -3.14. The number of amides is 4. The molecule has 7 rings (SSSR count). The average molecular weight is 843 g/mol. The van der Waals surface area contributed by atoms with Gasteiger partial charge in [-0.05, 0) is 52.1 Å². The molecule has 0 aliphatic carbocycles. The fourth-order valence-corrected chi connectivity index (χ4v) is 11.4. The zero-order chi connectivity index (χ0) is 43.3. The Morgan fingerprint density at radius 3 is 2.20 bits per heavy atom. The Kier molecular flexibility index (Phi) is 11.6. The van der Waals surface area contributed by atoms with Gasteiger partial charge in [0.05, 0.1) is 56.7 Å². The molecule has 14 nitrogen and oxygen atoms in total. The van der Waals surface area contributed by atoms with Crippen molar-refractivity contribution in [2.45, 2.75) is 83.3 Å². The van der Waals surface area contributed by atoms with Crippen LogP contribution in [0.5, 0.6) is 0 Å². The molecule has 0 bridgehead atoms. The minimum Gasteiger partial charge on any atom is -0.453 e. The van der Waals surface area contributed by atoms with Crippen LogP contribution in [0.25, 0.3) is 44.2 Å². The lowest BCUT2D eigenvalue weighted by Crippen LogP contribution is -2.52. The first kappa shape index (κ1) is 42.4. The number of alkyl carbamates (subject to hydrolysis) is 1. The summed E-state index contributed by atoms with van der Waals surface area (Å²) in [6.45, 7) is 10.2. The van der Waals surface area contributed by atoms with E-state index >= 15 is 0 Å². The molecule has 2 aromatic heterocycles. The average Bonchev–Trinajstić information content (AvgIpc) is 4.01. The van der Waals surface area contributed by atoms with Gasteiger partial charge >= 0.3 is 6.09 Å². The lowest BCUT2D eigenvalue weighted by molar-refractivity contribution is -0.139. The fraction of sp³-hybridized carbons (Fsp3) is 0.442. The summed E-state index contributed by atoms with van der Waals surface area (Å²) in [5, 5.41) is 16.5. The molecule has 2 fully saturated rings. The molecule has 4 amide bonds. The number of methoxy groups -OCH3 is 1. The normalized spacial score (nSPS) is 19.6. The second kappa shape index (κ2) is 16.4. The second-order valence-electron chi connectivity index (χ2n) is 17.5. The molecule has 4 atom stereocenters. The van der Waals surface area contributed by atoms with E-state index in [0.29, 0.717) is 17.7 Å². The number of likely N-dealkylation sites (tertiary alicyclic amines) is 1. The van der Waals surface area contributed by atoms with E-state index in [1.165, 1.54) is 7.11 Å². The number of hydrogen-bond acceptors (Lipinski definition) is 8. The van der Waals surface area contributed by atoms with E-state index in [9.17, 15) is 33.1 Å². The molecule has 1 unspecified atom stereocenters. The number of imidazole rings is 2. The number of benzene rings is 3. The molecule has 17 heteroatoms. The van der Waals surface area contributed by atoms with Crippen LogP contribution >= 0.6 is 0 Å². The highest BCUT2D eigenvalue weighted by Crippen LogP contribution is 2.42. The first-order valence-corrected chi connectivity index (χ1v) is 23.6. The maximum Gasteiger partial charge on any atom is 0.407 e. The van der Waals surface area contributed by atoms with Gasteiger partial charge in [-0.2, -0.15) is 0 Å². The molecule has 2 saturated heterocycles. The van der Waals surface area contributed by atoms with Crippen LogP contribution in [0.15, 0.2) is 60.8 Å². The van der Waals surface area contributed by atoms with Gasteiger partial charge in [-0.15, -0.1) is 0 Å². The highest BCUT2D eigenvalue weighted by Gasteiger charge is 2.50. The van der Waals surface area contributed by atoms with E-state index in [1.807, 2.05) is 61.2 Å². The van der Waals surface area contributed by atoms with Gasteiger partial charge in [-0.3, -0.25) is 14.4 Å². The number of nitrogens with one attached hydrogen (secondary N) is 4. The molecule has 5 aromatic rings. The van der Waals surface area contributed by atoms with E-state index in [1.54, 1.807) is 20.0 Å². The summed E-state index contributed by atoms with van der Waals surface area (Å²) in [4.78, 5) is 70.6. The SMILES string of the molecule is COC(=O)N[C@H](C(=O)N1CC(F)(F)CC1c1ncc(-c2ccc(-c3ccc4c(ccc5nc([C@@H]6C[Si](C)(C)CN6C(=O)[C@@H](NC(=O)CO)C(C)C)[nH]c54)c3)cc2)[nH]1)C(C)C. The van der Waals surface area contributed by atoms with Gasteiger partial charge in [-0.1, -0.05) is 83.3 Å². The van der Waals surface area contributed by atoms with Crippen LogP contribution in [0.4, 0.5) is 13.6 Å². The summed E-state index contributed by atoms with van der Waals surface area (Å²) < 4.78 is 34.3. The van der Waals surface area contributed by atoms with Crippen LogP contribution < -0.4 is 10.6 Å². The number of aromatic amines is 2. The summed E-state index contributed by atoms with van der Waals surface area (Å²) in [7, 11) is -0.651. The van der Waals surface area contributed by atoms with Gasteiger partial charge < -0.3 is 40.2 Å². The topological polar surface area (TPSA) is 186 Å². The third kappa shape index (κ3) is 8.50. The lowest BCUT2D eigenvalue weighted by Gasteiger charge is -2.30. The van der Waals surface area contributed by atoms with Crippen molar-refractivity contribution in [2.24, 2.45) is 11.8 Å². The van der Waals surface area contributed by atoms with Gasteiger partial charge in [-0.25, -0.2) is 23.5 Å². The van der Waals surface area contributed by atoms with Crippen molar-refractivity contribution in [3.8, 4) is 22.4 Å². The Labute approximate surface area is 347 Å². The smallest absolute Gasteiger partial charge is 0.407 e. The van der Waals surface area contributed by atoms with Crippen molar-refractivity contribution in [2.75, 3.05) is 26.4 Å². The first-order valence-electron chi connectivity index (χ1n) is 20.2. The Balaban J connectivity index is 1.11. The van der Waals surface area contributed by atoms with Crippen LogP contribution in [0.1, 0.15) is 57.8 Å². The van der Waals surface area contributed by atoms with E-state index < -0.39 is 69.6 Å². The lowest BCUT2D eigenvalue weighted by atomic mass is 9.99. The number of fused-ring (bicyclic) bond motifs is 3. The van der Waals surface area contributed by atoms with E-state index in [0.717, 1.165) is 49.4 Å². The summed E-state index contributed by atoms with van der Waals surface area (Å²) in [5.41, 5.74) is 4.97. The van der Waals surface area contributed by atoms with Gasteiger partial charge in [0.1, 0.15) is 30.3 Å². The number of aliphatic hydroxyl groups excluding tert-OH is 1. The molecule has 2 aliphatic heterocycles. The molecule has 0 saturated carbocycles. The summed E-state index contributed by atoms with van der Waals surface area (Å²) >= 11 is 0. The Morgan fingerprint density at radius 1 is 0.883 bits per heavy atom. The molecule has 4 heterocycles. The van der Waals surface area contributed by atoms with Gasteiger partial charge in [0.2, 0.25) is 17.7 Å². The zero-order valence-corrected chi connectivity index (χ0v) is 35.8. The first-order chi connectivity index (χ1) is 28.4. The minimum absolute atomic E-state index is 0.171. The third-order valence-corrected chi connectivity index (χ3v) is 14.3. The molecule has 5 N–H and O–H groups in total. The van der Waals surface area contributed by atoms with Crippen molar-refractivity contribution >= 4 is 53.7 Å². The van der Waals surface area contributed by atoms with Gasteiger partial charge in [0.15, 0.2) is 0 Å². The number of alkyl halides is 2. The number of carbonyl (C=O) groups excluding carboxylic acids is 4. The van der Waals surface area contributed by atoms with E-state index in [4.69, 9.17) is 4.98 Å². The van der Waals surface area contributed by atoms with Crippen molar-refractivity contribution in [3.05, 3.63) is 72.4 Å². The van der Waals surface area contributed by atoms with Crippen LogP contribution in [0.3, 0.4) is 0 Å². The number of hydrogen-bond donors (Lipinski definition) is 5. The number of rotatable bonds is 11. The largest absolute Gasteiger partial charge is 0.453 e. The van der Waals surface area contributed by atoms with Gasteiger partial charge in [0, 0.05) is 18.0 Å². The zero-order valence-electron chi connectivity index (χ0n) is 34.8. The number of aromatic nitrogens is 4. The van der Waals surface area contributed by atoms with Crippen LogP contribution in [-0.2, 0) is 19.1 Å². The van der Waals surface area contributed by atoms with Crippen molar-refractivity contribution < 1.29 is 37.8 Å². The third-order valence-electron chi connectivity index (χ3n) is 11.6. The highest BCUT2D eigenvalue weighted by atomic mass is 28.3. The Bertz CT molecular complexity index is 2430. The molecule has 3 aromatic carbocycles. The molecule has 60 heavy (non-hydrogen) atoms. The molecule has 318 valence electrons. The number of carbonyl (C=O) groups is 4. The Morgan fingerprint density at radius 2 is 1.53 bits per heavy atom. The maximum atomic E-state index is 14.8. The quantitative estimate of drug-likeness (QED) is 0.0956. The molecule has 0 spiro atoms. The monoisotopic (exact) mass is 842 g/mol. The van der Waals surface area contributed by atoms with Crippen LogP contribution in [0.2, 0.25) is 19.1 Å². The highest BCUT2D eigenvalue weighted by molar-refractivity contribution is 6.78. The standard InChI is InChI=1S/C43H52F2N8O6Si/c1-23(2)35(49-34(55)19-54)41(57)53-22-60(6,7)20-33(53)39-47-30-15-13-28-16-27(12-14-29(28)37(30)50-39)25-8-10-26(11-9-25)31-18-46-38(48-31)32-17-43(44,45)21-52(32)40(56)36(24(3)4)51-42(58)59-5/h8-16,18,23-24,32-33,35-36,54H,17,19-22H2,1-7H3,(H,46,48)(H,47,50)(H,49,55)(H,51,58)/t32?,33-,35-,36-/m0/s1.